The number of amides is 1. The quantitative estimate of drug-likeness (QED) is 0.767. The van der Waals surface area contributed by atoms with Gasteiger partial charge in [0.25, 0.3) is 5.91 Å². The van der Waals surface area contributed by atoms with Gasteiger partial charge in [-0.15, -0.1) is 0 Å². The van der Waals surface area contributed by atoms with Gasteiger partial charge in [0.05, 0.1) is 19.0 Å². The first kappa shape index (κ1) is 17.1. The molecule has 1 amide bonds. The zero-order valence-electron chi connectivity index (χ0n) is 15.2. The second-order valence-electron chi connectivity index (χ2n) is 6.52. The number of hydrogen-bond donors (Lipinski definition) is 1. The van der Waals surface area contributed by atoms with Crippen molar-refractivity contribution in [3.8, 4) is 5.75 Å². The van der Waals surface area contributed by atoms with Gasteiger partial charge in [-0.2, -0.15) is 0 Å². The van der Waals surface area contributed by atoms with Gasteiger partial charge >= 0.3 is 0 Å². The van der Waals surface area contributed by atoms with Crippen LogP contribution in [0.5, 0.6) is 5.75 Å². The van der Waals surface area contributed by atoms with Crippen LogP contribution >= 0.6 is 0 Å². The van der Waals surface area contributed by atoms with E-state index in [-0.39, 0.29) is 5.91 Å². The summed E-state index contributed by atoms with van der Waals surface area (Å²) in [5.74, 6) is 1.07. The van der Waals surface area contributed by atoms with Crippen LogP contribution in [0.1, 0.15) is 21.5 Å². The minimum atomic E-state index is -0.190. The Balaban J connectivity index is 1.42. The topological polar surface area (TPSA) is 54.5 Å². The molecule has 3 aromatic rings. The maximum absolute atomic E-state index is 12.3. The molecule has 2 aromatic carbocycles. The van der Waals surface area contributed by atoms with Crippen LogP contribution < -0.4 is 15.0 Å². The number of ether oxygens (including phenoxy) is 1. The summed E-state index contributed by atoms with van der Waals surface area (Å²) < 4.78 is 5.11. The van der Waals surface area contributed by atoms with Crippen LogP contribution in [0.25, 0.3) is 0 Å². The van der Waals surface area contributed by atoms with Crippen molar-refractivity contribution in [3.05, 3.63) is 83.6 Å². The summed E-state index contributed by atoms with van der Waals surface area (Å²) >= 11 is 0. The highest BCUT2D eigenvalue weighted by Crippen LogP contribution is 2.24. The van der Waals surface area contributed by atoms with Crippen molar-refractivity contribution in [1.29, 1.82) is 0 Å². The standard InChI is InChI=1S/C22H21N3O2/c1-27-20-9-6-17(7-10-20)22(26)24-21-11-8-19(14-23-21)25-13-12-16-4-2-3-5-18(16)15-25/h2-11,14H,12-13,15H2,1H3,(H,23,24,26). The Bertz CT molecular complexity index is 937. The monoisotopic (exact) mass is 359 g/mol. The average molecular weight is 359 g/mol. The third-order valence-corrected chi connectivity index (χ3v) is 4.84. The highest BCUT2D eigenvalue weighted by Gasteiger charge is 2.16. The van der Waals surface area contributed by atoms with E-state index in [1.54, 1.807) is 31.4 Å². The smallest absolute Gasteiger partial charge is 0.256 e. The van der Waals surface area contributed by atoms with E-state index in [0.29, 0.717) is 11.4 Å². The lowest BCUT2D eigenvalue weighted by Gasteiger charge is -2.30. The number of nitrogens with zero attached hydrogens (tertiary/aromatic N) is 2. The first-order valence-electron chi connectivity index (χ1n) is 8.96. The van der Waals surface area contributed by atoms with Gasteiger partial charge in [0.1, 0.15) is 11.6 Å². The third kappa shape index (κ3) is 3.77. The van der Waals surface area contributed by atoms with Crippen molar-refractivity contribution < 1.29 is 9.53 Å². The van der Waals surface area contributed by atoms with Gasteiger partial charge in [-0.3, -0.25) is 4.79 Å². The summed E-state index contributed by atoms with van der Waals surface area (Å²) in [6.45, 7) is 1.85. The first-order chi connectivity index (χ1) is 13.2. The Labute approximate surface area is 158 Å². The van der Waals surface area contributed by atoms with Gasteiger partial charge in [0.2, 0.25) is 0 Å². The normalized spacial score (nSPS) is 13.0. The van der Waals surface area contributed by atoms with Crippen molar-refractivity contribution >= 4 is 17.4 Å². The molecule has 2 heterocycles. The van der Waals surface area contributed by atoms with Crippen LogP contribution in [0.2, 0.25) is 0 Å². The minimum absolute atomic E-state index is 0.190. The Morgan fingerprint density at radius 1 is 1.04 bits per heavy atom. The molecule has 136 valence electrons. The van der Waals surface area contributed by atoms with E-state index in [4.69, 9.17) is 4.74 Å². The summed E-state index contributed by atoms with van der Waals surface area (Å²) in [5, 5.41) is 2.83. The number of carbonyl (C=O) groups excluding carboxylic acids is 1. The van der Waals surface area contributed by atoms with E-state index in [0.717, 1.165) is 30.9 Å². The Hall–Kier alpha value is -3.34. The van der Waals surface area contributed by atoms with Crippen LogP contribution in [-0.2, 0) is 13.0 Å². The summed E-state index contributed by atoms with van der Waals surface area (Å²) in [7, 11) is 1.60. The second kappa shape index (κ2) is 7.50. The van der Waals surface area contributed by atoms with Crippen LogP contribution in [0.3, 0.4) is 0 Å². The molecule has 1 aromatic heterocycles. The molecule has 1 aliphatic rings. The molecule has 27 heavy (non-hydrogen) atoms. The SMILES string of the molecule is COc1ccc(C(=O)Nc2ccc(N3CCc4ccccc4C3)cn2)cc1. The molecule has 0 saturated heterocycles. The molecular formula is C22H21N3O2. The molecule has 5 nitrogen and oxygen atoms in total. The summed E-state index contributed by atoms with van der Waals surface area (Å²) in [6.07, 6.45) is 2.85. The maximum atomic E-state index is 12.3. The molecule has 0 fully saturated rings. The predicted molar refractivity (Wildman–Crippen MR) is 106 cm³/mol. The van der Waals surface area contributed by atoms with E-state index in [1.165, 1.54) is 11.1 Å². The van der Waals surface area contributed by atoms with Gasteiger partial charge in [-0.25, -0.2) is 4.98 Å². The average Bonchev–Trinajstić information content (AvgIpc) is 2.74. The van der Waals surface area contributed by atoms with Crippen LogP contribution in [-0.4, -0.2) is 24.5 Å². The number of aromatic nitrogens is 1. The maximum Gasteiger partial charge on any atom is 0.256 e. The van der Waals surface area contributed by atoms with Gasteiger partial charge in [0, 0.05) is 18.7 Å². The number of fused-ring (bicyclic) bond motifs is 1. The molecular weight excluding hydrogens is 338 g/mol. The van der Waals surface area contributed by atoms with E-state index in [9.17, 15) is 4.79 Å². The van der Waals surface area contributed by atoms with Crippen LogP contribution in [0, 0.1) is 0 Å². The summed E-state index contributed by atoms with van der Waals surface area (Å²) in [6, 6.07) is 19.4. The van der Waals surface area contributed by atoms with Gasteiger partial charge in [0.15, 0.2) is 0 Å². The molecule has 1 N–H and O–H groups in total. The number of rotatable bonds is 4. The number of carbonyl (C=O) groups is 1. The van der Waals surface area contributed by atoms with E-state index in [2.05, 4.69) is 39.5 Å². The molecule has 0 bridgehead atoms. The van der Waals surface area contributed by atoms with E-state index >= 15 is 0 Å². The highest BCUT2D eigenvalue weighted by atomic mass is 16.5. The lowest BCUT2D eigenvalue weighted by atomic mass is 10.00. The number of anilines is 2. The molecule has 1 aliphatic heterocycles. The molecule has 0 saturated carbocycles. The molecule has 5 heteroatoms. The van der Waals surface area contributed by atoms with Gasteiger partial charge in [-0.1, -0.05) is 24.3 Å². The third-order valence-electron chi connectivity index (χ3n) is 4.84. The van der Waals surface area contributed by atoms with Crippen molar-refractivity contribution in [2.24, 2.45) is 0 Å². The zero-order chi connectivity index (χ0) is 18.6. The zero-order valence-corrected chi connectivity index (χ0v) is 15.2. The lowest BCUT2D eigenvalue weighted by molar-refractivity contribution is 0.102. The molecule has 0 unspecified atom stereocenters. The largest absolute Gasteiger partial charge is 0.497 e. The van der Waals surface area contributed by atoms with Gasteiger partial charge < -0.3 is 15.0 Å². The predicted octanol–water partition coefficient (Wildman–Crippen LogP) is 3.91. The number of pyridine rings is 1. The Morgan fingerprint density at radius 3 is 2.52 bits per heavy atom. The van der Waals surface area contributed by atoms with Crippen molar-refractivity contribution in [1.82, 2.24) is 4.98 Å². The van der Waals surface area contributed by atoms with E-state index in [1.807, 2.05) is 18.3 Å². The fourth-order valence-corrected chi connectivity index (χ4v) is 3.29. The van der Waals surface area contributed by atoms with Crippen LogP contribution in [0.15, 0.2) is 66.9 Å². The van der Waals surface area contributed by atoms with Crippen LogP contribution in [0.4, 0.5) is 11.5 Å². The highest BCUT2D eigenvalue weighted by molar-refractivity contribution is 6.03. The number of methoxy groups -OCH3 is 1. The fourth-order valence-electron chi connectivity index (χ4n) is 3.29. The van der Waals surface area contributed by atoms with Crippen molar-refractivity contribution in [2.45, 2.75) is 13.0 Å². The van der Waals surface area contributed by atoms with E-state index < -0.39 is 0 Å². The molecule has 0 atom stereocenters. The number of nitrogens with one attached hydrogen (secondary N) is 1. The number of hydrogen-bond acceptors (Lipinski definition) is 4. The van der Waals surface area contributed by atoms with Gasteiger partial charge in [-0.05, 0) is 53.9 Å². The number of benzene rings is 2. The second-order valence-corrected chi connectivity index (χ2v) is 6.52. The molecule has 0 spiro atoms. The molecule has 4 rings (SSSR count). The first-order valence-corrected chi connectivity index (χ1v) is 8.96. The summed E-state index contributed by atoms with van der Waals surface area (Å²) in [4.78, 5) is 19.1. The lowest BCUT2D eigenvalue weighted by Crippen LogP contribution is -2.30. The molecule has 0 aliphatic carbocycles. The minimum Gasteiger partial charge on any atom is -0.497 e. The fraction of sp³-hybridized carbons (Fsp3) is 0.182. The Morgan fingerprint density at radius 2 is 1.81 bits per heavy atom. The summed E-state index contributed by atoms with van der Waals surface area (Å²) in [5.41, 5.74) is 4.41. The van der Waals surface area contributed by atoms with Crippen molar-refractivity contribution in [2.75, 3.05) is 23.9 Å². The van der Waals surface area contributed by atoms with Crippen molar-refractivity contribution in [3.63, 3.8) is 0 Å². The molecule has 0 radical (unpaired) electrons. The Kier molecular flexibility index (Phi) is 4.75.